The number of carbonyl (C=O) groups excluding carboxylic acids is 2. The van der Waals surface area contributed by atoms with Crippen molar-refractivity contribution in [2.45, 2.75) is 13.3 Å². The van der Waals surface area contributed by atoms with Gasteiger partial charge in [0.25, 0.3) is 0 Å². The maximum atomic E-state index is 12.1. The van der Waals surface area contributed by atoms with E-state index in [9.17, 15) is 9.59 Å². The van der Waals surface area contributed by atoms with Crippen molar-refractivity contribution in [1.82, 2.24) is 0 Å². The molecule has 0 bridgehead atoms. The van der Waals surface area contributed by atoms with Gasteiger partial charge in [-0.1, -0.05) is 90.5 Å². The summed E-state index contributed by atoms with van der Waals surface area (Å²) in [5.41, 5.74) is 8.94. The van der Waals surface area contributed by atoms with Gasteiger partial charge in [0.2, 0.25) is 0 Å². The van der Waals surface area contributed by atoms with E-state index in [4.69, 9.17) is 0 Å². The van der Waals surface area contributed by atoms with Crippen LogP contribution in [0.4, 0.5) is 0 Å². The Morgan fingerprint density at radius 2 is 0.967 bits per heavy atom. The predicted molar refractivity (Wildman–Crippen MR) is 119 cm³/mol. The summed E-state index contributed by atoms with van der Waals surface area (Å²) in [6, 6.07) is 29.5. The van der Waals surface area contributed by atoms with E-state index in [0.717, 1.165) is 56.5 Å². The van der Waals surface area contributed by atoms with E-state index >= 15 is 0 Å². The quantitative estimate of drug-likeness (QED) is 0.318. The van der Waals surface area contributed by atoms with Crippen LogP contribution >= 0.6 is 0 Å². The number of ketones is 2. The molecular weight excluding hydrogens is 368 g/mol. The lowest BCUT2D eigenvalue weighted by molar-refractivity contribution is 0.103. The van der Waals surface area contributed by atoms with E-state index in [1.165, 1.54) is 0 Å². The topological polar surface area (TPSA) is 34.1 Å². The van der Waals surface area contributed by atoms with Crippen molar-refractivity contribution in [3.63, 3.8) is 0 Å². The molecule has 0 aliphatic heterocycles. The molecule has 2 heteroatoms. The summed E-state index contributed by atoms with van der Waals surface area (Å²) in [6.45, 7) is 2.01. The largest absolute Gasteiger partial charge is 0.289 e. The smallest absolute Gasteiger partial charge is 0.194 e. The highest BCUT2D eigenvalue weighted by Crippen LogP contribution is 2.36. The van der Waals surface area contributed by atoms with Crippen LogP contribution in [-0.2, 0) is 6.42 Å². The maximum absolute atomic E-state index is 12.1. The van der Waals surface area contributed by atoms with Crippen molar-refractivity contribution < 1.29 is 9.59 Å². The van der Waals surface area contributed by atoms with Gasteiger partial charge in [0.05, 0.1) is 0 Å². The van der Waals surface area contributed by atoms with Crippen molar-refractivity contribution in [3.05, 3.63) is 130 Å². The van der Waals surface area contributed by atoms with Gasteiger partial charge < -0.3 is 0 Å². The van der Waals surface area contributed by atoms with Gasteiger partial charge in [-0.05, 0) is 41.7 Å². The van der Waals surface area contributed by atoms with Crippen LogP contribution in [0.15, 0.2) is 91.0 Å². The van der Waals surface area contributed by atoms with Gasteiger partial charge in [0.1, 0.15) is 0 Å². The molecule has 4 aromatic rings. The predicted octanol–water partition coefficient (Wildman–Crippen LogP) is 6.03. The Balaban J connectivity index is 0.000000128. The van der Waals surface area contributed by atoms with Gasteiger partial charge in [-0.2, -0.15) is 0 Å². The molecule has 6 rings (SSSR count). The minimum atomic E-state index is 0.157. The van der Waals surface area contributed by atoms with Crippen LogP contribution in [0.25, 0.3) is 11.1 Å². The number of fused-ring (bicyclic) bond motifs is 5. The molecule has 0 fully saturated rings. The van der Waals surface area contributed by atoms with E-state index in [1.807, 2.05) is 97.9 Å². The second-order valence-electron chi connectivity index (χ2n) is 7.74. The standard InChI is InChI=1S/2C14H10O/c1-9-6-7-11-10-4-2-3-5-12(10)14(15)13(11)8-9;15-14-12-7-3-1-5-10(12)9-11-6-2-4-8-13(11)14/h2-8H,1H3;1-8H,9H2. The summed E-state index contributed by atoms with van der Waals surface area (Å²) in [6.07, 6.45) is 0.873. The van der Waals surface area contributed by atoms with Crippen molar-refractivity contribution in [2.75, 3.05) is 0 Å². The molecule has 0 aromatic heterocycles. The maximum Gasteiger partial charge on any atom is 0.194 e. The summed E-state index contributed by atoms with van der Waals surface area (Å²) in [5.74, 6) is 0.316. The van der Waals surface area contributed by atoms with E-state index in [1.54, 1.807) is 0 Å². The summed E-state index contributed by atoms with van der Waals surface area (Å²) < 4.78 is 0. The van der Waals surface area contributed by atoms with Crippen molar-refractivity contribution >= 4 is 11.6 Å². The fourth-order valence-corrected chi connectivity index (χ4v) is 4.28. The first-order chi connectivity index (χ1) is 14.6. The van der Waals surface area contributed by atoms with E-state index < -0.39 is 0 Å². The molecule has 30 heavy (non-hydrogen) atoms. The average Bonchev–Trinajstić information content (AvgIpc) is 3.06. The Hall–Kier alpha value is -3.78. The first kappa shape index (κ1) is 18.3. The molecule has 144 valence electrons. The van der Waals surface area contributed by atoms with Gasteiger partial charge in [0.15, 0.2) is 11.6 Å². The molecule has 0 atom stereocenters. The summed E-state index contributed by atoms with van der Waals surface area (Å²) in [4.78, 5) is 24.1. The van der Waals surface area contributed by atoms with Crippen molar-refractivity contribution in [3.8, 4) is 11.1 Å². The number of hydrogen-bond donors (Lipinski definition) is 0. The van der Waals surface area contributed by atoms with Crippen molar-refractivity contribution in [1.29, 1.82) is 0 Å². The molecule has 0 spiro atoms. The van der Waals surface area contributed by atoms with Gasteiger partial charge in [-0.25, -0.2) is 0 Å². The van der Waals surface area contributed by atoms with Gasteiger partial charge in [-0.3, -0.25) is 9.59 Å². The molecule has 2 aliphatic rings. The minimum absolute atomic E-state index is 0.157. The minimum Gasteiger partial charge on any atom is -0.289 e. The summed E-state index contributed by atoms with van der Waals surface area (Å²) in [7, 11) is 0. The SMILES string of the molecule is Cc1ccc2c(c1)C(=O)c1ccccc1-2.O=C1c2ccccc2Cc2ccccc21. The zero-order chi connectivity index (χ0) is 20.7. The van der Waals surface area contributed by atoms with Crippen LogP contribution in [0.3, 0.4) is 0 Å². The summed E-state index contributed by atoms with van der Waals surface area (Å²) >= 11 is 0. The lowest BCUT2D eigenvalue weighted by Gasteiger charge is -2.17. The molecule has 4 aromatic carbocycles. The number of rotatable bonds is 0. The Bertz CT molecular complexity index is 1270. The lowest BCUT2D eigenvalue weighted by atomic mass is 9.85. The van der Waals surface area contributed by atoms with Crippen LogP contribution in [0, 0.1) is 6.92 Å². The molecule has 0 radical (unpaired) electrons. The molecule has 0 saturated carbocycles. The van der Waals surface area contributed by atoms with Crippen LogP contribution < -0.4 is 0 Å². The Morgan fingerprint density at radius 1 is 0.500 bits per heavy atom. The Morgan fingerprint density at radius 3 is 1.60 bits per heavy atom. The van der Waals surface area contributed by atoms with Gasteiger partial charge in [-0.15, -0.1) is 0 Å². The van der Waals surface area contributed by atoms with Gasteiger partial charge >= 0.3 is 0 Å². The molecule has 0 unspecified atom stereocenters. The second kappa shape index (κ2) is 7.23. The van der Waals surface area contributed by atoms with E-state index in [0.29, 0.717) is 0 Å². The third-order valence-corrected chi connectivity index (χ3v) is 5.79. The highest BCUT2D eigenvalue weighted by Gasteiger charge is 2.25. The molecular formula is C28H20O2. The van der Waals surface area contributed by atoms with E-state index in [-0.39, 0.29) is 11.6 Å². The molecule has 0 heterocycles. The van der Waals surface area contributed by atoms with Crippen LogP contribution in [0.5, 0.6) is 0 Å². The number of carbonyl (C=O) groups is 2. The summed E-state index contributed by atoms with van der Waals surface area (Å²) in [5, 5.41) is 0. The van der Waals surface area contributed by atoms with E-state index in [2.05, 4.69) is 0 Å². The molecule has 2 nitrogen and oxygen atoms in total. The van der Waals surface area contributed by atoms with Crippen LogP contribution in [0.1, 0.15) is 48.5 Å². The fraction of sp³-hybridized carbons (Fsp3) is 0.0714. The zero-order valence-electron chi connectivity index (χ0n) is 16.7. The molecule has 0 saturated heterocycles. The van der Waals surface area contributed by atoms with Gasteiger partial charge in [0, 0.05) is 22.3 Å². The second-order valence-corrected chi connectivity index (χ2v) is 7.74. The van der Waals surface area contributed by atoms with Crippen LogP contribution in [0.2, 0.25) is 0 Å². The average molecular weight is 388 g/mol. The first-order valence-corrected chi connectivity index (χ1v) is 10.1. The third kappa shape index (κ3) is 2.98. The molecule has 2 aliphatic carbocycles. The number of hydrogen-bond acceptors (Lipinski definition) is 2. The normalized spacial score (nSPS) is 12.8. The highest BCUT2D eigenvalue weighted by atomic mass is 16.1. The number of aryl methyl sites for hydroxylation is 1. The Labute approximate surface area is 175 Å². The fourth-order valence-electron chi connectivity index (χ4n) is 4.28. The third-order valence-electron chi connectivity index (χ3n) is 5.79. The first-order valence-electron chi connectivity index (χ1n) is 10.1. The number of benzene rings is 4. The monoisotopic (exact) mass is 388 g/mol. The molecule has 0 N–H and O–H groups in total. The molecule has 0 amide bonds. The Kier molecular flexibility index (Phi) is 4.40. The van der Waals surface area contributed by atoms with Crippen molar-refractivity contribution in [2.24, 2.45) is 0 Å². The zero-order valence-corrected chi connectivity index (χ0v) is 16.7. The lowest BCUT2D eigenvalue weighted by Crippen LogP contribution is -2.14. The van der Waals surface area contributed by atoms with Crippen LogP contribution in [-0.4, -0.2) is 11.6 Å². The highest BCUT2D eigenvalue weighted by molar-refractivity contribution is 6.21.